The second-order valence-electron chi connectivity index (χ2n) is 19.6. The van der Waals surface area contributed by atoms with Crippen molar-refractivity contribution in [3.63, 3.8) is 0 Å². The molecule has 3 N–H and O–H groups in total. The van der Waals surface area contributed by atoms with Gasteiger partial charge in [0.2, 0.25) is 0 Å². The van der Waals surface area contributed by atoms with Gasteiger partial charge in [0, 0.05) is 45.2 Å². The maximum Gasteiger partial charge on any atom is 0.407 e. The number of carbonyl (C=O) groups excluding carboxylic acids is 1. The number of hydrogen-bond donors (Lipinski definition) is 3. The molecular weight excluding hydrogens is 618 g/mol. The van der Waals surface area contributed by atoms with Crippen LogP contribution in [-0.2, 0) is 18.9 Å². The summed E-state index contributed by atoms with van der Waals surface area (Å²) in [6, 6.07) is 0. The van der Waals surface area contributed by atoms with Gasteiger partial charge in [0.1, 0.15) is 6.10 Å². The molecule has 8 fully saturated rings. The molecule has 9 heteroatoms. The SMILES string of the molecule is CNC(=O)O[C@H](C(C)C)[C@H]1C[C@@H](C)[C@H]2[C@H](O1)[C@H](O)[C@@]1(C)[C@@H]3CC[C@H]4C(C)(C)[C@@H](O[C@H]5CN(CC6CNC6)CCO5)CC[C@@]45C[C@@]35CC[C@]21C. The van der Waals surface area contributed by atoms with Crippen LogP contribution >= 0.6 is 0 Å². The summed E-state index contributed by atoms with van der Waals surface area (Å²) in [7, 11) is 1.61. The number of hydrogen-bond acceptors (Lipinski definition) is 8. The zero-order valence-electron chi connectivity index (χ0n) is 31.8. The van der Waals surface area contributed by atoms with E-state index in [1.807, 2.05) is 0 Å². The Kier molecular flexibility index (Phi) is 8.61. The molecule has 1 amide bonds. The first-order valence-corrected chi connectivity index (χ1v) is 20.1. The summed E-state index contributed by atoms with van der Waals surface area (Å²) in [6.45, 7) is 22.7. The Morgan fingerprint density at radius 1 is 1.06 bits per heavy atom. The van der Waals surface area contributed by atoms with E-state index in [0.29, 0.717) is 34.5 Å². The molecule has 0 radical (unpaired) electrons. The fraction of sp³-hybridized carbons (Fsp3) is 0.975. The van der Waals surface area contributed by atoms with Crippen LogP contribution in [0.1, 0.15) is 99.8 Å². The van der Waals surface area contributed by atoms with Crippen LogP contribution in [0.25, 0.3) is 0 Å². The van der Waals surface area contributed by atoms with E-state index in [-0.39, 0.29) is 52.9 Å². The number of nitrogens with zero attached hydrogens (tertiary/aromatic N) is 1. The van der Waals surface area contributed by atoms with Gasteiger partial charge in [0.25, 0.3) is 0 Å². The largest absolute Gasteiger partial charge is 0.443 e. The Hall–Kier alpha value is -0.970. The van der Waals surface area contributed by atoms with Gasteiger partial charge in [-0.05, 0) is 109 Å². The number of alkyl carbamates (subject to hydrolysis) is 1. The van der Waals surface area contributed by atoms with E-state index in [1.165, 1.54) is 32.1 Å². The zero-order chi connectivity index (χ0) is 34.7. The molecule has 5 saturated carbocycles. The molecule has 0 aromatic rings. The summed E-state index contributed by atoms with van der Waals surface area (Å²) in [4.78, 5) is 14.9. The minimum Gasteiger partial charge on any atom is -0.443 e. The lowest BCUT2D eigenvalue weighted by Crippen LogP contribution is -2.60. The lowest BCUT2D eigenvalue weighted by atomic mass is 9.41. The molecule has 8 aliphatic rings. The minimum absolute atomic E-state index is 0.0125. The first-order chi connectivity index (χ1) is 23.2. The first-order valence-electron chi connectivity index (χ1n) is 20.1. The monoisotopic (exact) mass is 686 g/mol. The lowest BCUT2D eigenvalue weighted by Gasteiger charge is -2.64. The van der Waals surface area contributed by atoms with Crippen LogP contribution in [-0.4, -0.2) is 99.3 Å². The van der Waals surface area contributed by atoms with E-state index in [4.69, 9.17) is 18.9 Å². The second-order valence-corrected chi connectivity index (χ2v) is 19.6. The minimum atomic E-state index is -0.522. The van der Waals surface area contributed by atoms with E-state index in [9.17, 15) is 9.90 Å². The smallest absolute Gasteiger partial charge is 0.407 e. The van der Waals surface area contributed by atoms with E-state index < -0.39 is 12.2 Å². The first kappa shape index (κ1) is 35.1. The zero-order valence-corrected chi connectivity index (χ0v) is 31.8. The van der Waals surface area contributed by atoms with Gasteiger partial charge in [0.05, 0.1) is 31.0 Å². The number of aliphatic hydroxyl groups is 1. The Morgan fingerprint density at radius 3 is 2.49 bits per heavy atom. The van der Waals surface area contributed by atoms with Gasteiger partial charge in [-0.25, -0.2) is 4.79 Å². The van der Waals surface area contributed by atoms with Crippen molar-refractivity contribution in [2.45, 2.75) is 137 Å². The van der Waals surface area contributed by atoms with Crippen LogP contribution in [0.5, 0.6) is 0 Å². The highest BCUT2D eigenvalue weighted by Crippen LogP contribution is 2.89. The maximum atomic E-state index is 12.6. The fourth-order valence-electron chi connectivity index (χ4n) is 14.5. The van der Waals surface area contributed by atoms with Gasteiger partial charge >= 0.3 is 6.09 Å². The summed E-state index contributed by atoms with van der Waals surface area (Å²) in [5.74, 6) is 2.71. The highest BCUT2D eigenvalue weighted by Gasteiger charge is 2.84. The Labute approximate surface area is 295 Å². The van der Waals surface area contributed by atoms with Gasteiger partial charge in [0.15, 0.2) is 6.29 Å². The molecule has 8 rings (SSSR count). The van der Waals surface area contributed by atoms with Crippen molar-refractivity contribution < 1.29 is 28.8 Å². The van der Waals surface area contributed by atoms with Gasteiger partial charge in [-0.3, -0.25) is 4.90 Å². The molecule has 9 nitrogen and oxygen atoms in total. The van der Waals surface area contributed by atoms with Gasteiger partial charge in [-0.2, -0.15) is 0 Å². The molecule has 2 spiro atoms. The van der Waals surface area contributed by atoms with Crippen LogP contribution in [0.15, 0.2) is 0 Å². The van der Waals surface area contributed by atoms with E-state index >= 15 is 0 Å². The van der Waals surface area contributed by atoms with Gasteiger partial charge in [-0.1, -0.05) is 48.5 Å². The third-order valence-electron chi connectivity index (χ3n) is 17.1. The number of ether oxygens (including phenoxy) is 4. The molecule has 278 valence electrons. The quantitative estimate of drug-likeness (QED) is 0.326. The Bertz CT molecular complexity index is 1280. The molecule has 49 heavy (non-hydrogen) atoms. The summed E-state index contributed by atoms with van der Waals surface area (Å²) in [5, 5.41) is 18.7. The molecule has 0 aromatic carbocycles. The summed E-state index contributed by atoms with van der Waals surface area (Å²) < 4.78 is 26.1. The molecule has 3 saturated heterocycles. The molecule has 0 bridgehead atoms. The second kappa shape index (κ2) is 12.0. The maximum absolute atomic E-state index is 12.6. The molecule has 5 aliphatic carbocycles. The van der Waals surface area contributed by atoms with Crippen LogP contribution in [0.2, 0.25) is 0 Å². The van der Waals surface area contributed by atoms with Crippen LogP contribution < -0.4 is 10.6 Å². The van der Waals surface area contributed by atoms with Crippen molar-refractivity contribution in [1.82, 2.24) is 15.5 Å². The Balaban J connectivity index is 1.00. The highest BCUT2D eigenvalue weighted by molar-refractivity contribution is 5.66. The van der Waals surface area contributed by atoms with Crippen molar-refractivity contribution in [3.05, 3.63) is 0 Å². The molecule has 14 atom stereocenters. The van der Waals surface area contributed by atoms with Crippen molar-refractivity contribution in [1.29, 1.82) is 0 Å². The lowest BCUT2D eigenvalue weighted by molar-refractivity contribution is -0.249. The van der Waals surface area contributed by atoms with Gasteiger partial charge < -0.3 is 34.7 Å². The van der Waals surface area contributed by atoms with Crippen molar-refractivity contribution in [3.8, 4) is 0 Å². The number of aliphatic hydroxyl groups excluding tert-OH is 1. The summed E-state index contributed by atoms with van der Waals surface area (Å²) in [6.07, 6.45) is 7.74. The number of nitrogens with one attached hydrogen (secondary N) is 2. The number of fused-ring (bicyclic) bond motifs is 4. The van der Waals surface area contributed by atoms with E-state index in [2.05, 4.69) is 64.0 Å². The van der Waals surface area contributed by atoms with Crippen LogP contribution in [0.3, 0.4) is 0 Å². The third-order valence-corrected chi connectivity index (χ3v) is 17.1. The fourth-order valence-corrected chi connectivity index (χ4v) is 14.5. The van der Waals surface area contributed by atoms with Crippen LogP contribution in [0, 0.1) is 62.6 Å². The molecular formula is C40H67N3O6. The van der Waals surface area contributed by atoms with E-state index in [0.717, 1.165) is 64.5 Å². The average molecular weight is 686 g/mol. The standard InChI is InChI=1S/C40H67N3O6/c1-23(2)32(49-35(45)41-8)26-17-24(3)31-33(47-26)34(44)38(7)28-10-9-27-36(4,5)29(11-12-39(27)22-40(28,39)14-13-37(31,38)6)48-30-21-43(15-16-46-30)20-25-18-42-19-25/h23-34,42,44H,9-22H2,1-8H3,(H,41,45)/t24-,26-,27+,28+,29+,30+,31+,32-,33+,34+,37-,38-,39-,40+/m1/s1. The third kappa shape index (κ3) is 4.93. The van der Waals surface area contributed by atoms with E-state index in [1.54, 1.807) is 7.05 Å². The normalized spacial score (nSPS) is 50.9. The number of morpholine rings is 1. The topological polar surface area (TPSA) is 102 Å². The van der Waals surface area contributed by atoms with Crippen molar-refractivity contribution >= 4 is 6.09 Å². The predicted molar refractivity (Wildman–Crippen MR) is 188 cm³/mol. The molecule has 0 aromatic heterocycles. The van der Waals surface area contributed by atoms with Crippen molar-refractivity contribution in [2.75, 3.05) is 46.4 Å². The number of amides is 1. The van der Waals surface area contributed by atoms with Crippen molar-refractivity contribution in [2.24, 2.45) is 62.6 Å². The number of carbonyl (C=O) groups is 1. The number of rotatable bonds is 7. The summed E-state index contributed by atoms with van der Waals surface area (Å²) >= 11 is 0. The molecule has 3 aliphatic heterocycles. The summed E-state index contributed by atoms with van der Waals surface area (Å²) in [5.41, 5.74) is 0.550. The predicted octanol–water partition coefficient (Wildman–Crippen LogP) is 5.44. The van der Waals surface area contributed by atoms with Gasteiger partial charge in [-0.15, -0.1) is 0 Å². The Morgan fingerprint density at radius 2 is 1.80 bits per heavy atom. The molecule has 0 unspecified atom stereocenters. The average Bonchev–Trinajstić information content (AvgIpc) is 3.67. The molecule has 3 heterocycles. The van der Waals surface area contributed by atoms with Crippen LogP contribution in [0.4, 0.5) is 4.79 Å². The highest BCUT2D eigenvalue weighted by atomic mass is 16.7.